The van der Waals surface area contributed by atoms with Gasteiger partial charge < -0.3 is 15.4 Å². The molecule has 2 atom stereocenters. The minimum Gasteiger partial charge on any atom is -0.444 e. The number of likely N-dealkylation sites (tertiary alicyclic amines) is 1. The number of amides is 1. The lowest BCUT2D eigenvalue weighted by molar-refractivity contribution is -0.144. The normalized spacial score (nSPS) is 25.4. The second kappa shape index (κ2) is 4.95. The van der Waals surface area contributed by atoms with E-state index in [2.05, 4.69) is 0 Å². The number of hydrogen-bond acceptors (Lipinski definition) is 3. The number of halogens is 3. The summed E-state index contributed by atoms with van der Waals surface area (Å²) in [5.41, 5.74) is 4.97. The molecule has 0 radical (unpaired) electrons. The van der Waals surface area contributed by atoms with Gasteiger partial charge in [0.15, 0.2) is 0 Å². The van der Waals surface area contributed by atoms with E-state index in [1.54, 1.807) is 20.8 Å². The molecule has 1 saturated heterocycles. The third-order valence-corrected chi connectivity index (χ3v) is 2.64. The summed E-state index contributed by atoms with van der Waals surface area (Å²) in [5.74, 6) is -0.752. The van der Waals surface area contributed by atoms with Gasteiger partial charge >= 0.3 is 12.3 Å². The summed E-state index contributed by atoms with van der Waals surface area (Å²) >= 11 is 0. The molecule has 2 unspecified atom stereocenters. The number of rotatable bonds is 1. The first-order valence-electron chi connectivity index (χ1n) is 5.78. The Balaban J connectivity index is 2.56. The number of alkyl halides is 3. The molecule has 0 aromatic heterocycles. The fraction of sp³-hybridized carbons (Fsp3) is 0.909. The molecule has 4 nitrogen and oxygen atoms in total. The van der Waals surface area contributed by atoms with E-state index in [0.29, 0.717) is 0 Å². The zero-order chi connectivity index (χ0) is 14.1. The lowest BCUT2D eigenvalue weighted by Gasteiger charge is -2.24. The minimum absolute atomic E-state index is 0.00438. The number of nitrogens with two attached hydrogens (primary N) is 1. The van der Waals surface area contributed by atoms with Crippen molar-refractivity contribution < 1.29 is 22.7 Å². The number of carbonyl (C=O) groups excluding carboxylic acids is 1. The molecule has 7 heteroatoms. The summed E-state index contributed by atoms with van der Waals surface area (Å²) in [6.45, 7) is 5.21. The van der Waals surface area contributed by atoms with Crippen LogP contribution in [0.1, 0.15) is 27.2 Å². The number of hydrogen-bond donors (Lipinski definition) is 1. The van der Waals surface area contributed by atoms with Crippen LogP contribution in [0.5, 0.6) is 0 Å². The molecule has 0 aliphatic carbocycles. The average molecular weight is 268 g/mol. The number of nitrogens with zero attached hydrogens (tertiary/aromatic N) is 1. The average Bonchev–Trinajstić information content (AvgIpc) is 2.42. The van der Waals surface area contributed by atoms with E-state index in [1.807, 2.05) is 0 Å². The first kappa shape index (κ1) is 15.1. The van der Waals surface area contributed by atoms with Crippen molar-refractivity contribution in [3.05, 3.63) is 0 Å². The van der Waals surface area contributed by atoms with Crippen molar-refractivity contribution in [3.63, 3.8) is 0 Å². The van der Waals surface area contributed by atoms with E-state index < -0.39 is 36.3 Å². The van der Waals surface area contributed by atoms with E-state index in [0.717, 1.165) is 0 Å². The number of carbonyl (C=O) groups is 1. The minimum atomic E-state index is -4.26. The van der Waals surface area contributed by atoms with Crippen LogP contribution in [0.15, 0.2) is 0 Å². The lowest BCUT2D eigenvalue weighted by Crippen LogP contribution is -2.36. The highest BCUT2D eigenvalue weighted by molar-refractivity contribution is 5.68. The van der Waals surface area contributed by atoms with Gasteiger partial charge in [0, 0.05) is 31.5 Å². The second-order valence-electron chi connectivity index (χ2n) is 5.63. The van der Waals surface area contributed by atoms with Gasteiger partial charge in [0.2, 0.25) is 0 Å². The van der Waals surface area contributed by atoms with Gasteiger partial charge in [-0.05, 0) is 20.8 Å². The van der Waals surface area contributed by atoms with Crippen molar-refractivity contribution in [2.45, 2.75) is 45.0 Å². The number of ether oxygens (including phenoxy) is 1. The smallest absolute Gasteiger partial charge is 0.410 e. The fourth-order valence-corrected chi connectivity index (χ4v) is 1.89. The first-order chi connectivity index (χ1) is 7.98. The van der Waals surface area contributed by atoms with Crippen LogP contribution in [0.3, 0.4) is 0 Å². The molecular formula is C11H19F3N2O2. The maximum atomic E-state index is 12.3. The highest BCUT2D eigenvalue weighted by atomic mass is 19.4. The van der Waals surface area contributed by atoms with Crippen LogP contribution in [-0.4, -0.2) is 41.9 Å². The van der Waals surface area contributed by atoms with Crippen LogP contribution in [0.2, 0.25) is 0 Å². The van der Waals surface area contributed by atoms with Crippen LogP contribution < -0.4 is 5.73 Å². The van der Waals surface area contributed by atoms with Gasteiger partial charge in [0.1, 0.15) is 5.60 Å². The maximum Gasteiger partial charge on any atom is 0.410 e. The first-order valence-corrected chi connectivity index (χ1v) is 5.78. The standard InChI is InChI=1S/C11H19F3N2O2/c1-10(2,3)18-9(17)16-5-7(8(15)6-16)4-11(12,13)14/h7-8H,4-6,15H2,1-3H3. The van der Waals surface area contributed by atoms with E-state index in [4.69, 9.17) is 10.5 Å². The van der Waals surface area contributed by atoms with Crippen molar-refractivity contribution >= 4 is 6.09 Å². The Morgan fingerprint density at radius 1 is 1.33 bits per heavy atom. The van der Waals surface area contributed by atoms with Gasteiger partial charge in [-0.3, -0.25) is 0 Å². The summed E-state index contributed by atoms with van der Waals surface area (Å²) in [6.07, 6.45) is -5.83. The van der Waals surface area contributed by atoms with Crippen molar-refractivity contribution in [3.8, 4) is 0 Å². The Morgan fingerprint density at radius 2 is 1.89 bits per heavy atom. The van der Waals surface area contributed by atoms with E-state index in [9.17, 15) is 18.0 Å². The molecule has 1 aliphatic heterocycles. The molecular weight excluding hydrogens is 249 g/mol. The summed E-state index contributed by atoms with van der Waals surface area (Å²) in [5, 5.41) is 0. The molecule has 0 saturated carbocycles. The quantitative estimate of drug-likeness (QED) is 0.792. The van der Waals surface area contributed by atoms with Gasteiger partial charge in [-0.2, -0.15) is 13.2 Å². The van der Waals surface area contributed by atoms with Crippen LogP contribution in [0.25, 0.3) is 0 Å². The molecule has 106 valence electrons. The summed E-state index contributed by atoms with van der Waals surface area (Å²) in [6, 6.07) is -0.654. The van der Waals surface area contributed by atoms with E-state index >= 15 is 0 Å². The fourth-order valence-electron chi connectivity index (χ4n) is 1.89. The molecule has 0 spiro atoms. The Bertz CT molecular complexity index is 312. The van der Waals surface area contributed by atoms with E-state index in [-0.39, 0.29) is 13.1 Å². The predicted molar refractivity (Wildman–Crippen MR) is 59.9 cm³/mol. The Labute approximate surface area is 104 Å². The third kappa shape index (κ3) is 4.72. The van der Waals surface area contributed by atoms with E-state index in [1.165, 1.54) is 4.90 Å². The largest absolute Gasteiger partial charge is 0.444 e. The maximum absolute atomic E-state index is 12.3. The zero-order valence-electron chi connectivity index (χ0n) is 10.8. The third-order valence-electron chi connectivity index (χ3n) is 2.64. The molecule has 1 amide bonds. The summed E-state index contributed by atoms with van der Waals surface area (Å²) < 4.78 is 42.0. The molecule has 0 bridgehead atoms. The van der Waals surface area contributed by atoms with Gasteiger partial charge in [0.25, 0.3) is 0 Å². The Morgan fingerprint density at radius 3 is 2.33 bits per heavy atom. The predicted octanol–water partition coefficient (Wildman–Crippen LogP) is 2.13. The molecule has 0 aromatic rings. The summed E-state index contributed by atoms with van der Waals surface area (Å²) in [4.78, 5) is 12.9. The topological polar surface area (TPSA) is 55.6 Å². The molecule has 2 N–H and O–H groups in total. The molecule has 1 rings (SSSR count). The van der Waals surface area contributed by atoms with Gasteiger partial charge in [-0.25, -0.2) is 4.79 Å². The van der Waals surface area contributed by atoms with Crippen LogP contribution in [-0.2, 0) is 4.74 Å². The van der Waals surface area contributed by atoms with Gasteiger partial charge in [0.05, 0.1) is 0 Å². The zero-order valence-corrected chi connectivity index (χ0v) is 10.8. The van der Waals surface area contributed by atoms with Crippen molar-refractivity contribution in [1.82, 2.24) is 4.90 Å². The SMILES string of the molecule is CC(C)(C)OC(=O)N1CC(N)C(CC(F)(F)F)C1. The van der Waals surface area contributed by atoms with Gasteiger partial charge in [-0.15, -0.1) is 0 Å². The summed E-state index contributed by atoms with van der Waals surface area (Å²) in [7, 11) is 0. The van der Waals surface area contributed by atoms with Crippen molar-refractivity contribution in [2.24, 2.45) is 11.7 Å². The van der Waals surface area contributed by atoms with Crippen LogP contribution >= 0.6 is 0 Å². The second-order valence-corrected chi connectivity index (χ2v) is 5.63. The molecule has 1 aliphatic rings. The lowest BCUT2D eigenvalue weighted by atomic mass is 10.0. The highest BCUT2D eigenvalue weighted by Gasteiger charge is 2.41. The Kier molecular flexibility index (Phi) is 4.15. The molecule has 1 fully saturated rings. The van der Waals surface area contributed by atoms with Crippen LogP contribution in [0.4, 0.5) is 18.0 Å². The monoisotopic (exact) mass is 268 g/mol. The highest BCUT2D eigenvalue weighted by Crippen LogP contribution is 2.30. The van der Waals surface area contributed by atoms with Crippen LogP contribution in [0, 0.1) is 5.92 Å². The van der Waals surface area contributed by atoms with Gasteiger partial charge in [-0.1, -0.05) is 0 Å². The Hall–Kier alpha value is -0.980. The molecule has 0 aromatic carbocycles. The van der Waals surface area contributed by atoms with Crippen molar-refractivity contribution in [2.75, 3.05) is 13.1 Å². The molecule has 1 heterocycles. The molecule has 18 heavy (non-hydrogen) atoms. The van der Waals surface area contributed by atoms with Crippen molar-refractivity contribution in [1.29, 1.82) is 0 Å².